The molecule has 0 aliphatic heterocycles. The monoisotopic (exact) mass is 410 g/mol. The molecule has 0 amide bonds. The molecule has 0 bridgehead atoms. The van der Waals surface area contributed by atoms with Crippen molar-refractivity contribution in [2.24, 2.45) is 11.8 Å². The van der Waals surface area contributed by atoms with E-state index in [1.54, 1.807) is 0 Å². The Balaban J connectivity index is 1.31. The topological polar surface area (TPSA) is 0 Å². The highest BCUT2D eigenvalue weighted by Crippen LogP contribution is 2.34. The predicted molar refractivity (Wildman–Crippen MR) is 135 cm³/mol. The van der Waals surface area contributed by atoms with Gasteiger partial charge >= 0.3 is 0 Å². The fourth-order valence-corrected chi connectivity index (χ4v) is 5.24. The molecule has 0 aromatic heterocycles. The molecule has 4 rings (SSSR count). The van der Waals surface area contributed by atoms with Gasteiger partial charge in [-0.15, -0.1) is 0 Å². The minimum Gasteiger partial charge on any atom is -0.0654 e. The van der Waals surface area contributed by atoms with Gasteiger partial charge in [-0.2, -0.15) is 0 Å². The Labute approximate surface area is 189 Å². The summed E-state index contributed by atoms with van der Waals surface area (Å²) in [4.78, 5) is 0. The molecule has 0 nitrogen and oxygen atoms in total. The molecule has 162 valence electrons. The summed E-state index contributed by atoms with van der Waals surface area (Å²) in [5.74, 6) is 1.97. The molecule has 0 unspecified atom stereocenters. The highest BCUT2D eigenvalue weighted by atomic mass is 14.3. The van der Waals surface area contributed by atoms with Gasteiger partial charge in [-0.05, 0) is 64.5 Å². The van der Waals surface area contributed by atoms with Crippen LogP contribution in [-0.4, -0.2) is 0 Å². The quantitative estimate of drug-likeness (QED) is 0.347. The summed E-state index contributed by atoms with van der Waals surface area (Å²) >= 11 is 0. The third-order valence-corrected chi connectivity index (χ3v) is 7.37. The molecule has 1 fully saturated rings. The molecule has 3 aromatic carbocycles. The standard InChI is InChI=1S/C31H38/c1-3-5-25-6-8-26(9-7-25)10-11-27-14-18-29(19-15-27)31-22-20-30(21-23-31)28-16-12-24(4-2)13-17-28/h12-23,25-26H,3-11H2,1-2H3. The maximum absolute atomic E-state index is 2.34. The zero-order valence-electron chi connectivity index (χ0n) is 19.4. The summed E-state index contributed by atoms with van der Waals surface area (Å²) < 4.78 is 0. The van der Waals surface area contributed by atoms with Crippen molar-refractivity contribution in [1.29, 1.82) is 0 Å². The first-order chi connectivity index (χ1) is 15.2. The predicted octanol–water partition coefficient (Wildman–Crippen LogP) is 9.12. The van der Waals surface area contributed by atoms with E-state index in [4.69, 9.17) is 0 Å². The van der Waals surface area contributed by atoms with Crippen LogP contribution in [0, 0.1) is 11.8 Å². The van der Waals surface area contributed by atoms with E-state index in [0.29, 0.717) is 0 Å². The summed E-state index contributed by atoms with van der Waals surface area (Å²) in [5, 5.41) is 0. The van der Waals surface area contributed by atoms with Crippen molar-refractivity contribution in [1.82, 2.24) is 0 Å². The van der Waals surface area contributed by atoms with Crippen molar-refractivity contribution in [3.63, 3.8) is 0 Å². The number of benzene rings is 3. The Bertz CT molecular complexity index is 907. The van der Waals surface area contributed by atoms with E-state index >= 15 is 0 Å². The number of hydrogen-bond acceptors (Lipinski definition) is 0. The van der Waals surface area contributed by atoms with Gasteiger partial charge in [-0.1, -0.05) is 125 Å². The van der Waals surface area contributed by atoms with E-state index in [1.165, 1.54) is 84.7 Å². The molecule has 0 spiro atoms. The molecule has 0 atom stereocenters. The lowest BCUT2D eigenvalue weighted by atomic mass is 9.78. The van der Waals surface area contributed by atoms with Crippen LogP contribution in [0.1, 0.15) is 69.9 Å². The fraction of sp³-hybridized carbons (Fsp3) is 0.419. The Morgan fingerprint density at radius 1 is 0.516 bits per heavy atom. The second kappa shape index (κ2) is 10.8. The smallest absolute Gasteiger partial charge is 0.0184 e. The Morgan fingerprint density at radius 3 is 1.32 bits per heavy atom. The summed E-state index contributed by atoms with van der Waals surface area (Å²) in [7, 11) is 0. The number of hydrogen-bond donors (Lipinski definition) is 0. The lowest BCUT2D eigenvalue weighted by Crippen LogP contribution is -2.15. The van der Waals surface area contributed by atoms with E-state index in [-0.39, 0.29) is 0 Å². The third-order valence-electron chi connectivity index (χ3n) is 7.37. The van der Waals surface area contributed by atoms with E-state index < -0.39 is 0 Å². The van der Waals surface area contributed by atoms with Gasteiger partial charge in [0.05, 0.1) is 0 Å². The van der Waals surface area contributed by atoms with Crippen molar-refractivity contribution in [2.45, 2.75) is 71.6 Å². The second-order valence-corrected chi connectivity index (χ2v) is 9.54. The fourth-order valence-electron chi connectivity index (χ4n) is 5.24. The first-order valence-electron chi connectivity index (χ1n) is 12.5. The van der Waals surface area contributed by atoms with E-state index in [2.05, 4.69) is 86.6 Å². The van der Waals surface area contributed by atoms with Crippen LogP contribution in [0.25, 0.3) is 22.3 Å². The average Bonchev–Trinajstić information content (AvgIpc) is 2.84. The van der Waals surface area contributed by atoms with Gasteiger partial charge in [0.2, 0.25) is 0 Å². The van der Waals surface area contributed by atoms with Crippen LogP contribution in [0.4, 0.5) is 0 Å². The lowest BCUT2D eigenvalue weighted by molar-refractivity contribution is 0.252. The van der Waals surface area contributed by atoms with E-state index in [0.717, 1.165) is 18.3 Å². The van der Waals surface area contributed by atoms with Crippen LogP contribution in [0.15, 0.2) is 72.8 Å². The first-order valence-corrected chi connectivity index (χ1v) is 12.5. The maximum Gasteiger partial charge on any atom is -0.0184 e. The zero-order valence-corrected chi connectivity index (χ0v) is 19.4. The van der Waals surface area contributed by atoms with Crippen LogP contribution in [0.5, 0.6) is 0 Å². The zero-order chi connectivity index (χ0) is 21.5. The minimum absolute atomic E-state index is 0.951. The Hall–Kier alpha value is -2.34. The molecule has 3 aromatic rings. The number of aryl methyl sites for hydroxylation is 2. The molecule has 0 heterocycles. The van der Waals surface area contributed by atoms with Crippen molar-refractivity contribution < 1.29 is 0 Å². The molecule has 0 saturated heterocycles. The van der Waals surface area contributed by atoms with Crippen LogP contribution in [0.2, 0.25) is 0 Å². The van der Waals surface area contributed by atoms with Gasteiger partial charge in [-0.3, -0.25) is 0 Å². The van der Waals surface area contributed by atoms with Crippen LogP contribution in [0.3, 0.4) is 0 Å². The van der Waals surface area contributed by atoms with Gasteiger partial charge in [0, 0.05) is 0 Å². The Kier molecular flexibility index (Phi) is 7.62. The van der Waals surface area contributed by atoms with Crippen LogP contribution in [-0.2, 0) is 12.8 Å². The van der Waals surface area contributed by atoms with Gasteiger partial charge < -0.3 is 0 Å². The lowest BCUT2D eigenvalue weighted by Gasteiger charge is -2.28. The van der Waals surface area contributed by atoms with Gasteiger partial charge in [0.1, 0.15) is 0 Å². The molecule has 0 radical (unpaired) electrons. The molecule has 1 aliphatic rings. The first kappa shape index (κ1) is 21.9. The molecule has 1 saturated carbocycles. The molecular weight excluding hydrogens is 372 g/mol. The van der Waals surface area contributed by atoms with Crippen molar-refractivity contribution in [2.75, 3.05) is 0 Å². The van der Waals surface area contributed by atoms with E-state index in [1.807, 2.05) is 0 Å². The van der Waals surface area contributed by atoms with Crippen LogP contribution < -0.4 is 0 Å². The molecule has 31 heavy (non-hydrogen) atoms. The largest absolute Gasteiger partial charge is 0.0654 e. The maximum atomic E-state index is 2.34. The summed E-state index contributed by atoms with van der Waals surface area (Å²) in [5.41, 5.74) is 8.09. The van der Waals surface area contributed by atoms with Crippen LogP contribution >= 0.6 is 0 Å². The Morgan fingerprint density at radius 2 is 0.903 bits per heavy atom. The highest BCUT2D eigenvalue weighted by molar-refractivity contribution is 5.70. The average molecular weight is 411 g/mol. The van der Waals surface area contributed by atoms with Crippen molar-refractivity contribution in [3.05, 3.63) is 83.9 Å². The SMILES string of the molecule is CCCC1CCC(CCc2ccc(-c3ccc(-c4ccc(CC)cc4)cc3)cc2)CC1. The number of rotatable bonds is 8. The van der Waals surface area contributed by atoms with Gasteiger partial charge in [0.25, 0.3) is 0 Å². The van der Waals surface area contributed by atoms with Crippen molar-refractivity contribution in [3.8, 4) is 22.3 Å². The van der Waals surface area contributed by atoms with Crippen molar-refractivity contribution >= 4 is 0 Å². The molecule has 0 heteroatoms. The normalized spacial score (nSPS) is 18.8. The second-order valence-electron chi connectivity index (χ2n) is 9.54. The third kappa shape index (κ3) is 5.88. The highest BCUT2D eigenvalue weighted by Gasteiger charge is 2.20. The molecule has 0 N–H and O–H groups in total. The molecule has 1 aliphatic carbocycles. The summed E-state index contributed by atoms with van der Waals surface area (Å²) in [6, 6.07) is 27.2. The minimum atomic E-state index is 0.951. The molecular formula is C31H38. The van der Waals surface area contributed by atoms with Gasteiger partial charge in [-0.25, -0.2) is 0 Å². The van der Waals surface area contributed by atoms with Gasteiger partial charge in [0.15, 0.2) is 0 Å². The summed E-state index contributed by atoms with van der Waals surface area (Å²) in [6.45, 7) is 4.53. The van der Waals surface area contributed by atoms with E-state index in [9.17, 15) is 0 Å². The summed E-state index contributed by atoms with van der Waals surface area (Å²) in [6.07, 6.45) is 12.3.